The Kier molecular flexibility index (Phi) is 3.73. The van der Waals surface area contributed by atoms with Gasteiger partial charge in [-0.2, -0.15) is 0 Å². The Morgan fingerprint density at radius 1 is 0.944 bits per heavy atom. The average Bonchev–Trinajstić information content (AvgIpc) is 2.32. The van der Waals surface area contributed by atoms with Crippen molar-refractivity contribution in [2.45, 2.75) is 6.10 Å². The second-order valence-electron chi connectivity index (χ2n) is 3.71. The van der Waals surface area contributed by atoms with E-state index in [9.17, 15) is 18.3 Å². The lowest BCUT2D eigenvalue weighted by atomic mass is 10.0. The van der Waals surface area contributed by atoms with E-state index in [-0.39, 0.29) is 11.1 Å². The van der Waals surface area contributed by atoms with Gasteiger partial charge in [0.05, 0.1) is 0 Å². The predicted octanol–water partition coefficient (Wildman–Crippen LogP) is 3.95. The van der Waals surface area contributed by atoms with E-state index >= 15 is 0 Å². The Balaban J connectivity index is 2.48. The average molecular weight is 317 g/mol. The third kappa shape index (κ3) is 2.42. The van der Waals surface area contributed by atoms with Gasteiger partial charge in [0.1, 0.15) is 11.9 Å². The van der Waals surface area contributed by atoms with Crippen LogP contribution in [0.2, 0.25) is 0 Å². The predicted molar refractivity (Wildman–Crippen MR) is 64.5 cm³/mol. The number of hydrogen-bond donors (Lipinski definition) is 1. The number of rotatable bonds is 2. The molecule has 0 radical (unpaired) electrons. The van der Waals surface area contributed by atoms with Crippen molar-refractivity contribution in [3.05, 3.63) is 69.4 Å². The maximum atomic E-state index is 13.6. The van der Waals surface area contributed by atoms with Crippen molar-refractivity contribution in [1.29, 1.82) is 0 Å². The molecule has 2 aromatic rings. The maximum Gasteiger partial charge on any atom is 0.164 e. The molecular formula is C13H8BrF3O. The van der Waals surface area contributed by atoms with Gasteiger partial charge in [0.15, 0.2) is 11.6 Å². The van der Waals surface area contributed by atoms with Gasteiger partial charge in [-0.1, -0.05) is 34.1 Å². The fourth-order valence-electron chi connectivity index (χ4n) is 1.62. The van der Waals surface area contributed by atoms with Gasteiger partial charge < -0.3 is 5.11 Å². The highest BCUT2D eigenvalue weighted by atomic mass is 79.9. The van der Waals surface area contributed by atoms with Crippen LogP contribution in [0.4, 0.5) is 13.2 Å². The molecule has 1 N–H and O–H groups in total. The first kappa shape index (κ1) is 13.1. The Hall–Kier alpha value is -1.33. The molecule has 0 spiro atoms. The lowest BCUT2D eigenvalue weighted by molar-refractivity contribution is 0.208. The molecule has 0 aromatic heterocycles. The van der Waals surface area contributed by atoms with Crippen LogP contribution in [0.15, 0.2) is 40.9 Å². The van der Waals surface area contributed by atoms with Gasteiger partial charge in [-0.3, -0.25) is 0 Å². The molecule has 0 saturated heterocycles. The lowest BCUT2D eigenvalue weighted by Gasteiger charge is -2.13. The van der Waals surface area contributed by atoms with Crippen molar-refractivity contribution in [2.75, 3.05) is 0 Å². The summed E-state index contributed by atoms with van der Waals surface area (Å²) < 4.78 is 40.6. The van der Waals surface area contributed by atoms with Crippen LogP contribution in [-0.4, -0.2) is 5.11 Å². The number of aliphatic hydroxyl groups is 1. The molecule has 0 fully saturated rings. The Morgan fingerprint density at radius 2 is 1.67 bits per heavy atom. The molecule has 18 heavy (non-hydrogen) atoms. The van der Waals surface area contributed by atoms with Crippen molar-refractivity contribution < 1.29 is 18.3 Å². The van der Waals surface area contributed by atoms with E-state index in [1.165, 1.54) is 24.3 Å². The maximum absolute atomic E-state index is 13.6. The smallest absolute Gasteiger partial charge is 0.164 e. The highest BCUT2D eigenvalue weighted by molar-refractivity contribution is 9.10. The van der Waals surface area contributed by atoms with E-state index < -0.39 is 23.6 Å². The van der Waals surface area contributed by atoms with Crippen LogP contribution in [-0.2, 0) is 0 Å². The van der Waals surface area contributed by atoms with Crippen LogP contribution in [0.5, 0.6) is 0 Å². The highest BCUT2D eigenvalue weighted by Gasteiger charge is 2.20. The first-order chi connectivity index (χ1) is 8.50. The van der Waals surface area contributed by atoms with Gasteiger partial charge >= 0.3 is 0 Å². The first-order valence-electron chi connectivity index (χ1n) is 5.07. The van der Waals surface area contributed by atoms with Crippen LogP contribution in [0.3, 0.4) is 0 Å². The van der Waals surface area contributed by atoms with Gasteiger partial charge in [-0.05, 0) is 18.2 Å². The first-order valence-corrected chi connectivity index (χ1v) is 5.87. The second kappa shape index (κ2) is 5.12. The minimum absolute atomic E-state index is 0.109. The molecule has 2 rings (SSSR count). The minimum atomic E-state index is -1.55. The fraction of sp³-hybridized carbons (Fsp3) is 0.0769. The molecule has 0 amide bonds. The standard InChI is InChI=1S/C13H8BrF3O/c14-7-4-5-8(11(16)6-7)13(18)9-2-1-3-10(15)12(9)17/h1-6,13,18H. The summed E-state index contributed by atoms with van der Waals surface area (Å²) >= 11 is 3.07. The number of halogens is 4. The van der Waals surface area contributed by atoms with Crippen molar-refractivity contribution in [3.63, 3.8) is 0 Å². The highest BCUT2D eigenvalue weighted by Crippen LogP contribution is 2.28. The van der Waals surface area contributed by atoms with Crippen molar-refractivity contribution >= 4 is 15.9 Å². The monoisotopic (exact) mass is 316 g/mol. The van der Waals surface area contributed by atoms with Crippen LogP contribution in [0.25, 0.3) is 0 Å². The molecule has 1 atom stereocenters. The zero-order valence-corrected chi connectivity index (χ0v) is 10.6. The summed E-state index contributed by atoms with van der Waals surface area (Å²) in [6.45, 7) is 0. The van der Waals surface area contributed by atoms with E-state index in [0.29, 0.717) is 4.47 Å². The molecule has 2 aromatic carbocycles. The molecular weight excluding hydrogens is 309 g/mol. The summed E-state index contributed by atoms with van der Waals surface area (Å²) in [6.07, 6.45) is -1.55. The second-order valence-corrected chi connectivity index (χ2v) is 4.63. The topological polar surface area (TPSA) is 20.2 Å². The SMILES string of the molecule is OC(c1ccc(Br)cc1F)c1cccc(F)c1F. The van der Waals surface area contributed by atoms with E-state index in [0.717, 1.165) is 12.1 Å². The Labute approximate surface area is 110 Å². The van der Waals surface area contributed by atoms with E-state index in [2.05, 4.69) is 15.9 Å². The number of benzene rings is 2. The van der Waals surface area contributed by atoms with Crippen molar-refractivity contribution in [1.82, 2.24) is 0 Å². The summed E-state index contributed by atoms with van der Waals surface area (Å²) in [6, 6.07) is 7.38. The summed E-state index contributed by atoms with van der Waals surface area (Å²) in [4.78, 5) is 0. The molecule has 0 aliphatic heterocycles. The summed E-state index contributed by atoms with van der Waals surface area (Å²) in [5, 5.41) is 9.91. The van der Waals surface area contributed by atoms with Gasteiger partial charge in [0.2, 0.25) is 0 Å². The largest absolute Gasteiger partial charge is 0.383 e. The Morgan fingerprint density at radius 3 is 2.33 bits per heavy atom. The van der Waals surface area contributed by atoms with Crippen LogP contribution in [0, 0.1) is 17.5 Å². The van der Waals surface area contributed by atoms with Crippen LogP contribution >= 0.6 is 15.9 Å². The molecule has 0 saturated carbocycles. The summed E-state index contributed by atoms with van der Waals surface area (Å²) in [7, 11) is 0. The zero-order chi connectivity index (χ0) is 13.3. The van der Waals surface area contributed by atoms with Gasteiger partial charge in [-0.25, -0.2) is 13.2 Å². The van der Waals surface area contributed by atoms with Gasteiger partial charge in [0.25, 0.3) is 0 Å². The molecule has 0 bridgehead atoms. The number of hydrogen-bond acceptors (Lipinski definition) is 1. The molecule has 1 unspecified atom stereocenters. The molecule has 1 nitrogen and oxygen atoms in total. The normalized spacial score (nSPS) is 12.5. The molecule has 0 aliphatic carbocycles. The van der Waals surface area contributed by atoms with Gasteiger partial charge in [-0.15, -0.1) is 0 Å². The third-order valence-electron chi connectivity index (χ3n) is 2.53. The fourth-order valence-corrected chi connectivity index (χ4v) is 1.96. The van der Waals surface area contributed by atoms with Crippen LogP contribution in [0.1, 0.15) is 17.2 Å². The molecule has 0 aliphatic rings. The van der Waals surface area contributed by atoms with E-state index in [4.69, 9.17) is 0 Å². The summed E-state index contributed by atoms with van der Waals surface area (Å²) in [5.41, 5.74) is -0.404. The van der Waals surface area contributed by atoms with Gasteiger partial charge in [0, 0.05) is 15.6 Å². The lowest BCUT2D eigenvalue weighted by Crippen LogP contribution is -2.06. The minimum Gasteiger partial charge on any atom is -0.383 e. The molecule has 94 valence electrons. The van der Waals surface area contributed by atoms with Crippen molar-refractivity contribution in [3.8, 4) is 0 Å². The molecule has 5 heteroatoms. The Bertz CT molecular complexity index is 586. The quantitative estimate of drug-likeness (QED) is 0.889. The van der Waals surface area contributed by atoms with E-state index in [1.807, 2.05) is 0 Å². The van der Waals surface area contributed by atoms with Crippen LogP contribution < -0.4 is 0 Å². The zero-order valence-electron chi connectivity index (χ0n) is 9.00. The molecule has 0 heterocycles. The summed E-state index contributed by atoms with van der Waals surface area (Å²) in [5.74, 6) is -2.95. The third-order valence-corrected chi connectivity index (χ3v) is 3.03. The van der Waals surface area contributed by atoms with Crippen molar-refractivity contribution in [2.24, 2.45) is 0 Å². The van der Waals surface area contributed by atoms with E-state index in [1.54, 1.807) is 0 Å². The number of aliphatic hydroxyl groups excluding tert-OH is 1.